The highest BCUT2D eigenvalue weighted by Crippen LogP contribution is 2.50. The van der Waals surface area contributed by atoms with Crippen LogP contribution in [0, 0.1) is 0 Å². The van der Waals surface area contributed by atoms with Crippen molar-refractivity contribution >= 4 is 51.2 Å². The van der Waals surface area contributed by atoms with Gasteiger partial charge >= 0.3 is 0 Å². The lowest BCUT2D eigenvalue weighted by Gasteiger charge is -2.39. The number of ketones is 1. The van der Waals surface area contributed by atoms with Crippen molar-refractivity contribution in [3.8, 4) is 17.2 Å². The van der Waals surface area contributed by atoms with Crippen LogP contribution >= 0.6 is 15.9 Å². The predicted octanol–water partition coefficient (Wildman–Crippen LogP) is 17.7. The molecule has 20 rings (SSSR count). The highest BCUT2D eigenvalue weighted by molar-refractivity contribution is 9.10. The maximum Gasteiger partial charge on any atom is 0.257 e. The molecule has 10 aliphatic heterocycles. The molecule has 5 saturated heterocycles. The van der Waals surface area contributed by atoms with E-state index in [4.69, 9.17) is 37.9 Å². The summed E-state index contributed by atoms with van der Waals surface area (Å²) in [7, 11) is 4.84. The number of ether oxygens (including phenoxy) is 8. The van der Waals surface area contributed by atoms with Crippen LogP contribution in [0.2, 0.25) is 0 Å². The maximum atomic E-state index is 12.9. The lowest BCUT2D eigenvalue weighted by molar-refractivity contribution is -0.116. The van der Waals surface area contributed by atoms with Gasteiger partial charge in [-0.1, -0.05) is 174 Å². The lowest BCUT2D eigenvalue weighted by Crippen LogP contribution is -2.45. The van der Waals surface area contributed by atoms with Gasteiger partial charge < -0.3 is 62.4 Å². The molecule has 0 saturated carbocycles. The number of amides is 5. The van der Waals surface area contributed by atoms with Crippen molar-refractivity contribution in [1.82, 2.24) is 24.5 Å². The fraction of sp³-hybridized carbons (Fsp3) is 0.347. The number of carbonyl (C=O) groups excluding carboxylic acids is 6. The second kappa shape index (κ2) is 36.7. The molecule has 0 aliphatic carbocycles. The monoisotopic (exact) mass is 1690 g/mol. The zero-order valence-electron chi connectivity index (χ0n) is 69.3. The second-order valence-electron chi connectivity index (χ2n) is 32.9. The highest BCUT2D eigenvalue weighted by Gasteiger charge is 2.49. The van der Waals surface area contributed by atoms with Gasteiger partial charge in [0.05, 0.1) is 87.9 Å². The third-order valence-electron chi connectivity index (χ3n) is 26.0. The first-order chi connectivity index (χ1) is 58.9. The van der Waals surface area contributed by atoms with Gasteiger partial charge in [0.2, 0.25) is 0 Å². The summed E-state index contributed by atoms with van der Waals surface area (Å²) in [5.41, 5.74) is 16.2. The van der Waals surface area contributed by atoms with E-state index < -0.39 is 0 Å². The number of nitrogens with zero attached hydrogens (tertiary/aromatic N) is 5. The van der Waals surface area contributed by atoms with Crippen LogP contribution in [-0.2, 0) is 95.9 Å². The van der Waals surface area contributed by atoms with Crippen molar-refractivity contribution in [2.45, 2.75) is 139 Å². The Bertz CT molecular complexity index is 5420. The molecule has 5 amide bonds. The summed E-state index contributed by atoms with van der Waals surface area (Å²) in [5.74, 6) is 2.53. The first-order valence-electron chi connectivity index (χ1n) is 42.3. The highest BCUT2D eigenvalue weighted by atomic mass is 79.9. The minimum absolute atomic E-state index is 0.0357. The van der Waals surface area contributed by atoms with E-state index in [-0.39, 0.29) is 63.3 Å². The lowest BCUT2D eigenvalue weighted by atomic mass is 9.83. The SMILES string of the molecule is CC(=O)Cc1cccc(C(=O)N2CCC3(CC2)OCc2ccccc23)c1.COc1ccc(C(=O)N2CCC3(CC2)OCc2ccccc23)cc1.COc1cccc(C(=O)N2CCC3(CC2)OCc2ccccc23)c1.COc1ccccc1C(=O)N1CCC2(CC1)OCc1ccccc12.O=C(c1cccc(Br)c1)N1CCC2(CC1)OCc1ccccc12. The number of rotatable bonds is 10. The minimum atomic E-state index is -0.232. The zero-order chi connectivity index (χ0) is 83.7. The van der Waals surface area contributed by atoms with Crippen LogP contribution < -0.4 is 14.2 Å². The molecule has 10 heterocycles. The van der Waals surface area contributed by atoms with Crippen LogP contribution in [0.3, 0.4) is 0 Å². The van der Waals surface area contributed by atoms with E-state index in [1.165, 1.54) is 55.6 Å². The third-order valence-corrected chi connectivity index (χ3v) is 26.5. The number of halogens is 1. The summed E-state index contributed by atoms with van der Waals surface area (Å²) in [6.07, 6.45) is 8.82. The number of likely N-dealkylation sites (tertiary alicyclic amines) is 5. The molecule has 0 N–H and O–H groups in total. The van der Waals surface area contributed by atoms with Crippen molar-refractivity contribution in [1.29, 1.82) is 0 Å². The van der Waals surface area contributed by atoms with Crippen LogP contribution in [0.5, 0.6) is 17.2 Å². The van der Waals surface area contributed by atoms with Crippen LogP contribution in [0.25, 0.3) is 0 Å². The number of fused-ring (bicyclic) bond motifs is 10. The molecule has 0 bridgehead atoms. The summed E-state index contributed by atoms with van der Waals surface area (Å²) in [6.45, 7) is 12.1. The van der Waals surface area contributed by atoms with Gasteiger partial charge in [-0.2, -0.15) is 0 Å². The number of piperidine rings is 5. The molecule has 10 aliphatic rings. The molecule has 0 aromatic heterocycles. The van der Waals surface area contributed by atoms with Crippen LogP contribution in [-0.4, -0.2) is 147 Å². The van der Waals surface area contributed by atoms with E-state index in [0.717, 1.165) is 112 Å². The number of hydrogen-bond acceptors (Lipinski definition) is 14. The molecule has 20 heteroatoms. The Morgan fingerprint density at radius 3 is 0.959 bits per heavy atom. The Kier molecular flexibility index (Phi) is 25.3. The summed E-state index contributed by atoms with van der Waals surface area (Å²) >= 11 is 3.43. The fourth-order valence-corrected chi connectivity index (χ4v) is 19.7. The maximum absolute atomic E-state index is 12.9. The molecule has 10 aromatic carbocycles. The Morgan fingerprint density at radius 1 is 0.306 bits per heavy atom. The number of methoxy groups -OCH3 is 3. The fourth-order valence-electron chi connectivity index (χ4n) is 19.3. The van der Waals surface area contributed by atoms with E-state index >= 15 is 0 Å². The Labute approximate surface area is 716 Å². The molecule has 5 fully saturated rings. The molecule has 0 radical (unpaired) electrons. The average molecular weight is 1690 g/mol. The van der Waals surface area contributed by atoms with Gasteiger partial charge in [0.25, 0.3) is 29.5 Å². The number of Topliss-reactive ketones (excluding diaryl/α,β-unsaturated/α-hetero) is 1. The summed E-state index contributed by atoms with van der Waals surface area (Å²) in [5, 5.41) is 0. The van der Waals surface area contributed by atoms with Gasteiger partial charge in [-0.3, -0.25) is 28.8 Å². The standard InChI is InChI=1S/C22H23NO3.3C20H21NO3.C19H18BrNO2/c1-16(24)13-17-5-4-7-18(14-17)21(25)23-11-9-22(10-12-23)20-8-3-2-6-19(20)15-26-22;1-23-18-9-5-3-7-16(18)19(22)21-12-10-20(11-13-21)17-8-4-2-6-15(17)14-24-20;1-23-17-7-4-6-15(13-17)19(22)21-11-9-20(10-12-21)18-8-3-2-5-16(18)14-24-20;1-23-17-8-6-15(7-9-17)19(22)21-12-10-20(11-13-21)18-5-3-2-4-16(18)14-24-20;20-16-6-3-5-14(12-16)18(22)21-10-8-19(9-11-21)17-7-2-1-4-15(17)13-23-19/h2-8,14H,9-13,15H2,1H3;2-9H,10-14H2,1H3;2-8,13H,9-12,14H2,1H3;2-9H,10-14H2,1H3;1-7,12H,8-11,13H2. The van der Waals surface area contributed by atoms with Crippen LogP contribution in [0.4, 0.5) is 0 Å². The smallest absolute Gasteiger partial charge is 0.257 e. The Morgan fingerprint density at radius 2 is 0.612 bits per heavy atom. The van der Waals surface area contributed by atoms with Gasteiger partial charge in [-0.05, 0) is 217 Å². The predicted molar refractivity (Wildman–Crippen MR) is 464 cm³/mol. The average Bonchev–Trinajstić information content (AvgIpc) is 1.65. The van der Waals surface area contributed by atoms with Crippen LogP contribution in [0.15, 0.2) is 247 Å². The van der Waals surface area contributed by atoms with Crippen LogP contribution in [0.1, 0.15) is 184 Å². The van der Waals surface area contributed by atoms with Gasteiger partial charge in [0, 0.05) is 98.6 Å². The molecule has 10 aromatic rings. The van der Waals surface area contributed by atoms with Crippen molar-refractivity contribution in [2.75, 3.05) is 86.8 Å². The largest absolute Gasteiger partial charge is 0.497 e. The molecule has 5 spiro atoms. The topological polar surface area (TPSA) is 192 Å². The van der Waals surface area contributed by atoms with E-state index in [1.54, 1.807) is 34.3 Å². The normalized spacial score (nSPS) is 18.4. The summed E-state index contributed by atoms with van der Waals surface area (Å²) in [6, 6.07) is 79.2. The van der Waals surface area contributed by atoms with E-state index in [2.05, 4.69) is 131 Å². The number of hydrogen-bond donors (Lipinski definition) is 0. The number of carbonyl (C=O) groups is 6. The first kappa shape index (κ1) is 83.5. The molecule has 0 atom stereocenters. The van der Waals surface area contributed by atoms with Gasteiger partial charge in [0.1, 0.15) is 23.0 Å². The van der Waals surface area contributed by atoms with E-state index in [0.29, 0.717) is 112 Å². The molecule has 121 heavy (non-hydrogen) atoms. The van der Waals surface area contributed by atoms with Crippen molar-refractivity contribution in [3.05, 3.63) is 336 Å². The second-order valence-corrected chi connectivity index (χ2v) is 33.8. The summed E-state index contributed by atoms with van der Waals surface area (Å²) < 4.78 is 47.5. The van der Waals surface area contributed by atoms with Gasteiger partial charge in [-0.15, -0.1) is 0 Å². The molecule has 19 nitrogen and oxygen atoms in total. The molecular formula is C101H104BrN5O14. The minimum Gasteiger partial charge on any atom is -0.497 e. The van der Waals surface area contributed by atoms with Gasteiger partial charge in [-0.25, -0.2) is 0 Å². The first-order valence-corrected chi connectivity index (χ1v) is 43.0. The number of benzene rings is 10. The molecule has 0 unspecified atom stereocenters. The van der Waals surface area contributed by atoms with Crippen molar-refractivity contribution < 1.29 is 66.7 Å². The molecule has 624 valence electrons. The van der Waals surface area contributed by atoms with Crippen molar-refractivity contribution in [2.24, 2.45) is 0 Å². The number of para-hydroxylation sites is 1. The van der Waals surface area contributed by atoms with E-state index in [1.807, 2.05) is 146 Å². The van der Waals surface area contributed by atoms with Gasteiger partial charge in [0.15, 0.2) is 0 Å². The molecular weight excluding hydrogens is 1590 g/mol. The Hall–Kier alpha value is -11.1. The third kappa shape index (κ3) is 17.7. The Balaban J connectivity index is 0.000000112. The van der Waals surface area contributed by atoms with Crippen molar-refractivity contribution in [3.63, 3.8) is 0 Å². The quantitative estimate of drug-likeness (QED) is 0.126. The van der Waals surface area contributed by atoms with E-state index in [9.17, 15) is 28.8 Å². The summed E-state index contributed by atoms with van der Waals surface area (Å²) in [4.78, 5) is 84.8. The zero-order valence-corrected chi connectivity index (χ0v) is 70.9.